The van der Waals surface area contributed by atoms with Crippen molar-refractivity contribution in [3.05, 3.63) is 29.8 Å². The van der Waals surface area contributed by atoms with Crippen molar-refractivity contribution >= 4 is 25.5 Å². The van der Waals surface area contributed by atoms with Crippen LogP contribution in [0.15, 0.2) is 24.3 Å². The molecular weight excluding hydrogens is 249 g/mol. The van der Waals surface area contributed by atoms with E-state index in [0.717, 1.165) is 8.51 Å². The van der Waals surface area contributed by atoms with E-state index < -0.39 is 0 Å². The summed E-state index contributed by atoms with van der Waals surface area (Å²) in [4.78, 5) is 5.54. The molecular formula is C7H7N4OP3. The molecule has 0 amide bonds. The summed E-state index contributed by atoms with van der Waals surface area (Å²) in [5, 5.41) is 8.86. The Hall–Kier alpha value is -1.19. The van der Waals surface area contributed by atoms with Crippen LogP contribution >= 0.6 is 25.5 Å². The van der Waals surface area contributed by atoms with E-state index in [0.29, 0.717) is 28.3 Å². The predicted octanol–water partition coefficient (Wildman–Crippen LogP) is 2.69. The number of benzene rings is 1. The van der Waals surface area contributed by atoms with Gasteiger partial charge >= 0.3 is 0 Å². The summed E-state index contributed by atoms with van der Waals surface area (Å²) in [6, 6.07) is 9.24. The van der Waals surface area contributed by atoms with Gasteiger partial charge in [0.25, 0.3) is 0 Å². The smallest absolute Gasteiger partial charge is 0.182 e. The molecule has 5 nitrogen and oxygen atoms in total. The van der Waals surface area contributed by atoms with Crippen LogP contribution in [0.4, 0.5) is 0 Å². The highest BCUT2D eigenvalue weighted by Crippen LogP contribution is 2.20. The summed E-state index contributed by atoms with van der Waals surface area (Å²) in [6.45, 7) is 0. The Morgan fingerprint density at radius 2 is 2.40 bits per heavy atom. The van der Waals surface area contributed by atoms with Gasteiger partial charge in [-0.1, -0.05) is 12.1 Å². The Balaban J connectivity index is 2.29. The van der Waals surface area contributed by atoms with Crippen molar-refractivity contribution in [1.82, 2.24) is 13.3 Å². The molecule has 1 aromatic carbocycles. The van der Waals surface area contributed by atoms with E-state index in [9.17, 15) is 0 Å². The van der Waals surface area contributed by atoms with Crippen molar-refractivity contribution in [2.75, 3.05) is 0 Å². The number of aromatic amines is 1. The molecule has 0 aliphatic carbocycles. The first-order valence-corrected chi connectivity index (χ1v) is 6.73. The lowest BCUT2D eigenvalue weighted by Gasteiger charge is -2.06. The van der Waals surface area contributed by atoms with Crippen molar-refractivity contribution in [3.8, 4) is 11.8 Å². The van der Waals surface area contributed by atoms with Gasteiger partial charge in [-0.15, -0.1) is 4.26 Å². The number of nitrogens with one attached hydrogen (secondary N) is 1. The summed E-state index contributed by atoms with van der Waals surface area (Å²) in [7, 11) is 1.59. The standard InChI is InChI=1S/C7H7N4OP3/c8-5-6-3-1-2-4-7(6)12-11-14-9-13-10-15-11/h1-4,9,13-14H. The van der Waals surface area contributed by atoms with Crippen LogP contribution in [0.1, 0.15) is 5.56 Å². The zero-order valence-electron chi connectivity index (χ0n) is 7.51. The highest BCUT2D eigenvalue weighted by molar-refractivity contribution is 7.44. The second-order valence-electron chi connectivity index (χ2n) is 2.51. The van der Waals surface area contributed by atoms with Crippen molar-refractivity contribution < 1.29 is 4.84 Å². The second-order valence-corrected chi connectivity index (χ2v) is 6.08. The number of hydrogen-bond acceptors (Lipinski definition) is 3. The first-order chi connectivity index (χ1) is 7.40. The Bertz CT molecular complexity index is 501. The van der Waals surface area contributed by atoms with Crippen LogP contribution in [0.25, 0.3) is 0 Å². The van der Waals surface area contributed by atoms with Gasteiger partial charge in [-0.2, -0.15) is 9.77 Å². The zero-order valence-corrected chi connectivity index (χ0v) is 10.4. The number of H-pyrrole nitrogens is 1. The number of rotatable bonds is 2. The minimum atomic E-state index is 0.374. The second kappa shape index (κ2) is 5.05. The number of aromatic nitrogens is 3. The molecule has 0 saturated heterocycles. The maximum absolute atomic E-state index is 8.86. The fourth-order valence-corrected chi connectivity index (χ4v) is 3.99. The Morgan fingerprint density at radius 3 is 3.13 bits per heavy atom. The molecule has 15 heavy (non-hydrogen) atoms. The molecule has 8 heteroatoms. The third kappa shape index (κ3) is 2.64. The monoisotopic (exact) mass is 256 g/mol. The minimum Gasteiger partial charge on any atom is -0.365 e. The van der Waals surface area contributed by atoms with E-state index in [1.165, 1.54) is 0 Å². The molecule has 76 valence electrons. The fourth-order valence-electron chi connectivity index (χ4n) is 0.956. The third-order valence-corrected chi connectivity index (χ3v) is 4.32. The molecule has 0 aliphatic rings. The zero-order chi connectivity index (χ0) is 10.5. The lowest BCUT2D eigenvalue weighted by Crippen LogP contribution is -1.99. The van der Waals surface area contributed by atoms with E-state index in [1.807, 2.05) is 12.1 Å². The van der Waals surface area contributed by atoms with Crippen molar-refractivity contribution in [3.63, 3.8) is 0 Å². The van der Waals surface area contributed by atoms with Gasteiger partial charge < -0.3 is 9.35 Å². The van der Waals surface area contributed by atoms with Gasteiger partial charge in [0.15, 0.2) is 14.3 Å². The van der Waals surface area contributed by atoms with Crippen LogP contribution in [-0.2, 0) is 0 Å². The molecule has 0 aliphatic heterocycles. The van der Waals surface area contributed by atoms with Crippen LogP contribution in [-0.4, -0.2) is 13.3 Å². The molecule has 0 fully saturated rings. The SMILES string of the molecule is N#Cc1ccccc1On1pn[pH][nH][pH]1. The van der Waals surface area contributed by atoms with Gasteiger partial charge in [0.05, 0.1) is 14.1 Å². The highest BCUT2D eigenvalue weighted by Gasteiger charge is 2.02. The van der Waals surface area contributed by atoms with Crippen LogP contribution in [0.3, 0.4) is 0 Å². The number of nitrogens with zero attached hydrogens (tertiary/aromatic N) is 3. The topological polar surface area (TPSA) is 66.6 Å². The van der Waals surface area contributed by atoms with E-state index in [2.05, 4.69) is 15.1 Å². The van der Waals surface area contributed by atoms with Gasteiger partial charge in [0.1, 0.15) is 6.07 Å². The molecule has 1 N–H and O–H groups in total. The number of hydrogen-bond donors (Lipinski definition) is 1. The highest BCUT2D eigenvalue weighted by atomic mass is 31.1. The molecule has 0 radical (unpaired) electrons. The predicted molar refractivity (Wildman–Crippen MR) is 62.9 cm³/mol. The van der Waals surface area contributed by atoms with Crippen molar-refractivity contribution in [2.24, 2.45) is 0 Å². The van der Waals surface area contributed by atoms with E-state index in [-0.39, 0.29) is 0 Å². The van der Waals surface area contributed by atoms with Crippen molar-refractivity contribution in [2.45, 2.75) is 0 Å². The Labute approximate surface area is 91.0 Å². The van der Waals surface area contributed by atoms with Crippen LogP contribution in [0.2, 0.25) is 0 Å². The average Bonchev–Trinajstić information content (AvgIpc) is 2.31. The average molecular weight is 256 g/mol. The fraction of sp³-hybridized carbons (Fsp3) is 0. The quantitative estimate of drug-likeness (QED) is 0.898. The first kappa shape index (κ1) is 10.3. The maximum atomic E-state index is 8.86. The largest absolute Gasteiger partial charge is 0.365 e. The summed E-state index contributed by atoms with van der Waals surface area (Å²) >= 11 is 0. The van der Waals surface area contributed by atoms with E-state index in [1.54, 1.807) is 16.4 Å². The van der Waals surface area contributed by atoms with Crippen LogP contribution in [0, 0.1) is 11.3 Å². The summed E-state index contributed by atoms with van der Waals surface area (Å²) in [6.07, 6.45) is 0. The number of nitriles is 1. The molecule has 0 bridgehead atoms. The third-order valence-electron chi connectivity index (χ3n) is 1.58. The molecule has 1 aromatic heterocycles. The van der Waals surface area contributed by atoms with E-state index in [4.69, 9.17) is 10.1 Å². The molecule has 0 spiro atoms. The van der Waals surface area contributed by atoms with Gasteiger partial charge in [0.2, 0.25) is 0 Å². The van der Waals surface area contributed by atoms with Gasteiger partial charge in [-0.3, -0.25) is 0 Å². The maximum Gasteiger partial charge on any atom is 0.182 e. The lowest BCUT2D eigenvalue weighted by atomic mass is 10.2. The van der Waals surface area contributed by atoms with E-state index >= 15 is 0 Å². The first-order valence-electron chi connectivity index (χ1n) is 4.03. The number of para-hydroxylation sites is 1. The summed E-state index contributed by atoms with van der Waals surface area (Å²) < 4.78 is 8.89. The van der Waals surface area contributed by atoms with Crippen LogP contribution in [0.5, 0.6) is 5.75 Å². The minimum absolute atomic E-state index is 0.374. The normalized spacial score (nSPS) is 10.9. The molecule has 2 atom stereocenters. The van der Waals surface area contributed by atoms with Crippen molar-refractivity contribution in [1.29, 1.82) is 5.26 Å². The van der Waals surface area contributed by atoms with Gasteiger partial charge in [0, 0.05) is 8.51 Å². The summed E-state index contributed by atoms with van der Waals surface area (Å²) in [5.74, 6) is 0.572. The Morgan fingerprint density at radius 1 is 1.53 bits per heavy atom. The molecule has 2 aromatic rings. The molecule has 0 saturated carbocycles. The van der Waals surface area contributed by atoms with Crippen LogP contribution < -0.4 is 4.84 Å². The molecule has 1 heterocycles. The van der Waals surface area contributed by atoms with Gasteiger partial charge in [-0.25, -0.2) is 0 Å². The van der Waals surface area contributed by atoms with Gasteiger partial charge in [-0.05, 0) is 12.1 Å². The Kier molecular flexibility index (Phi) is 3.48. The lowest BCUT2D eigenvalue weighted by molar-refractivity contribution is 0.276. The molecule has 2 rings (SSSR count). The molecule has 2 unspecified atom stereocenters. The summed E-state index contributed by atoms with van der Waals surface area (Å²) in [5.41, 5.74) is 0.533.